The normalized spacial score (nSPS) is 25.3. The molecule has 1 aromatic carbocycles. The van der Waals surface area contributed by atoms with Gasteiger partial charge >= 0.3 is 0 Å². The van der Waals surface area contributed by atoms with E-state index in [0.29, 0.717) is 12.4 Å². The Kier molecular flexibility index (Phi) is 2.31. The van der Waals surface area contributed by atoms with Crippen LogP contribution in [0.5, 0.6) is 11.5 Å². The summed E-state index contributed by atoms with van der Waals surface area (Å²) in [6.45, 7) is 0.425. The number of hydrogen-bond acceptors (Lipinski definition) is 4. The summed E-state index contributed by atoms with van der Waals surface area (Å²) in [4.78, 5) is 0. The number of phenolic OH excluding ortho intramolecular Hbond substituents is 1. The van der Waals surface area contributed by atoms with Crippen LogP contribution in [0, 0.1) is 0 Å². The van der Waals surface area contributed by atoms with Gasteiger partial charge in [0.2, 0.25) is 0 Å². The van der Waals surface area contributed by atoms with Gasteiger partial charge in [0.05, 0.1) is 6.04 Å². The van der Waals surface area contributed by atoms with E-state index in [1.165, 1.54) is 0 Å². The minimum absolute atomic E-state index is 0.118. The number of rotatable bonds is 1. The third-order valence-corrected chi connectivity index (χ3v) is 2.46. The molecular weight excluding hydrogens is 182 g/mol. The van der Waals surface area contributed by atoms with Crippen LogP contribution in [-0.4, -0.2) is 24.9 Å². The number of fused-ring (bicyclic) bond motifs is 1. The van der Waals surface area contributed by atoms with Crippen molar-refractivity contribution >= 4 is 0 Å². The molecule has 0 fully saturated rings. The van der Waals surface area contributed by atoms with Crippen molar-refractivity contribution in [1.29, 1.82) is 0 Å². The van der Waals surface area contributed by atoms with Crippen LogP contribution in [0.25, 0.3) is 0 Å². The van der Waals surface area contributed by atoms with E-state index in [1.807, 2.05) is 0 Å². The van der Waals surface area contributed by atoms with Crippen molar-refractivity contribution in [3.63, 3.8) is 0 Å². The molecule has 0 aromatic heterocycles. The average Bonchev–Trinajstić information content (AvgIpc) is 2.18. The van der Waals surface area contributed by atoms with Gasteiger partial charge < -0.3 is 20.3 Å². The molecule has 1 heterocycles. The van der Waals surface area contributed by atoms with E-state index in [9.17, 15) is 5.11 Å². The van der Waals surface area contributed by atoms with Gasteiger partial charge in [-0.1, -0.05) is 0 Å². The summed E-state index contributed by atoms with van der Waals surface area (Å²) in [5.41, 5.74) is 6.84. The highest BCUT2D eigenvalue weighted by atomic mass is 16.5. The lowest BCUT2D eigenvalue weighted by Gasteiger charge is -2.30. The Labute approximate surface area is 82.2 Å². The molecule has 4 nitrogen and oxygen atoms in total. The molecule has 0 amide bonds. The van der Waals surface area contributed by atoms with Gasteiger partial charge in [-0.3, -0.25) is 0 Å². The van der Waals surface area contributed by atoms with Crippen molar-refractivity contribution in [2.24, 2.45) is 5.73 Å². The topological polar surface area (TPSA) is 64.7 Å². The lowest BCUT2D eigenvalue weighted by atomic mass is 9.99. The van der Waals surface area contributed by atoms with Crippen LogP contribution < -0.4 is 10.5 Å². The van der Waals surface area contributed by atoms with Gasteiger partial charge in [0.1, 0.15) is 24.2 Å². The molecule has 2 rings (SSSR count). The first-order valence-electron chi connectivity index (χ1n) is 4.46. The summed E-state index contributed by atoms with van der Waals surface area (Å²) in [5, 5.41) is 9.25. The summed E-state index contributed by atoms with van der Waals surface area (Å²) >= 11 is 0. The molecule has 0 aliphatic carbocycles. The third-order valence-electron chi connectivity index (χ3n) is 2.46. The van der Waals surface area contributed by atoms with E-state index < -0.39 is 0 Å². The minimum atomic E-state index is -0.190. The third kappa shape index (κ3) is 1.42. The Hall–Kier alpha value is -1.26. The molecule has 76 valence electrons. The van der Waals surface area contributed by atoms with Crippen LogP contribution >= 0.6 is 0 Å². The first kappa shape index (κ1) is 9.30. The van der Waals surface area contributed by atoms with Crippen LogP contribution in [-0.2, 0) is 4.74 Å². The molecule has 0 saturated carbocycles. The number of ether oxygens (including phenoxy) is 2. The van der Waals surface area contributed by atoms with E-state index in [1.54, 1.807) is 25.3 Å². The molecule has 1 aliphatic heterocycles. The number of aromatic hydroxyl groups is 1. The predicted molar refractivity (Wildman–Crippen MR) is 51.3 cm³/mol. The van der Waals surface area contributed by atoms with Gasteiger partial charge in [0.25, 0.3) is 0 Å². The summed E-state index contributed by atoms with van der Waals surface area (Å²) in [6.07, 6.45) is -0.118. The molecule has 0 bridgehead atoms. The first-order chi connectivity index (χ1) is 6.72. The largest absolute Gasteiger partial charge is 0.508 e. The Bertz CT molecular complexity index is 340. The van der Waals surface area contributed by atoms with Gasteiger partial charge in [-0.05, 0) is 12.1 Å². The van der Waals surface area contributed by atoms with E-state index in [0.717, 1.165) is 5.56 Å². The van der Waals surface area contributed by atoms with E-state index in [2.05, 4.69) is 0 Å². The molecule has 4 heteroatoms. The summed E-state index contributed by atoms with van der Waals surface area (Å²) in [7, 11) is 1.61. The summed E-state index contributed by atoms with van der Waals surface area (Å²) in [5.74, 6) is 0.831. The summed E-state index contributed by atoms with van der Waals surface area (Å²) in [6, 6.07) is 4.74. The number of phenols is 1. The fourth-order valence-electron chi connectivity index (χ4n) is 1.61. The first-order valence-corrected chi connectivity index (χ1v) is 4.46. The van der Waals surface area contributed by atoms with Crippen LogP contribution in [0.1, 0.15) is 11.6 Å². The highest BCUT2D eigenvalue weighted by Gasteiger charge is 2.27. The number of nitrogens with two attached hydrogens (primary N) is 1. The smallest absolute Gasteiger partial charge is 0.127 e. The lowest BCUT2D eigenvalue weighted by Crippen LogP contribution is -2.37. The Morgan fingerprint density at radius 2 is 2.36 bits per heavy atom. The number of methoxy groups -OCH3 is 1. The molecule has 0 radical (unpaired) electrons. The van der Waals surface area contributed by atoms with Gasteiger partial charge in [-0.25, -0.2) is 0 Å². The molecule has 1 aromatic rings. The maximum absolute atomic E-state index is 9.25. The molecule has 0 spiro atoms. The second-order valence-electron chi connectivity index (χ2n) is 3.33. The minimum Gasteiger partial charge on any atom is -0.508 e. The second-order valence-corrected chi connectivity index (χ2v) is 3.33. The zero-order chi connectivity index (χ0) is 10.1. The van der Waals surface area contributed by atoms with Crippen molar-refractivity contribution in [2.45, 2.75) is 12.1 Å². The van der Waals surface area contributed by atoms with Crippen LogP contribution in [0.15, 0.2) is 18.2 Å². The SMILES string of the molecule is COC1COc2cc(O)ccc2C1N. The van der Waals surface area contributed by atoms with Crippen LogP contribution in [0.3, 0.4) is 0 Å². The Morgan fingerprint density at radius 1 is 1.57 bits per heavy atom. The fraction of sp³-hybridized carbons (Fsp3) is 0.400. The van der Waals surface area contributed by atoms with E-state index >= 15 is 0 Å². The zero-order valence-electron chi connectivity index (χ0n) is 7.93. The molecule has 2 unspecified atom stereocenters. The van der Waals surface area contributed by atoms with Crippen molar-refractivity contribution in [3.05, 3.63) is 23.8 Å². The quantitative estimate of drug-likeness (QED) is 0.695. The van der Waals surface area contributed by atoms with Crippen LogP contribution in [0.2, 0.25) is 0 Å². The number of benzene rings is 1. The molecule has 0 saturated heterocycles. The Morgan fingerprint density at radius 3 is 3.07 bits per heavy atom. The second kappa shape index (κ2) is 3.48. The van der Waals surface area contributed by atoms with Crippen LogP contribution in [0.4, 0.5) is 0 Å². The summed E-state index contributed by atoms with van der Waals surface area (Å²) < 4.78 is 10.6. The molecule has 3 N–H and O–H groups in total. The van der Waals surface area contributed by atoms with Gasteiger partial charge in [-0.2, -0.15) is 0 Å². The highest BCUT2D eigenvalue weighted by molar-refractivity contribution is 5.43. The van der Waals surface area contributed by atoms with Crippen molar-refractivity contribution < 1.29 is 14.6 Å². The van der Waals surface area contributed by atoms with E-state index in [-0.39, 0.29) is 17.9 Å². The fourth-order valence-corrected chi connectivity index (χ4v) is 1.61. The van der Waals surface area contributed by atoms with Gasteiger partial charge in [0, 0.05) is 18.7 Å². The predicted octanol–water partition coefficient (Wildman–Crippen LogP) is 0.799. The standard InChI is InChI=1S/C10H13NO3/c1-13-9-5-14-8-4-6(12)2-3-7(8)10(9)11/h2-4,9-10,12H,5,11H2,1H3. The van der Waals surface area contributed by atoms with Crippen molar-refractivity contribution in [3.8, 4) is 11.5 Å². The van der Waals surface area contributed by atoms with E-state index in [4.69, 9.17) is 15.2 Å². The lowest BCUT2D eigenvalue weighted by molar-refractivity contribution is 0.0259. The average molecular weight is 195 g/mol. The van der Waals surface area contributed by atoms with Gasteiger partial charge in [-0.15, -0.1) is 0 Å². The molecule has 1 aliphatic rings. The monoisotopic (exact) mass is 195 g/mol. The maximum Gasteiger partial charge on any atom is 0.127 e. The molecule has 2 atom stereocenters. The van der Waals surface area contributed by atoms with Crippen molar-refractivity contribution in [1.82, 2.24) is 0 Å². The maximum atomic E-state index is 9.25. The number of hydrogen-bond donors (Lipinski definition) is 2. The molecular formula is C10H13NO3. The van der Waals surface area contributed by atoms with Gasteiger partial charge in [0.15, 0.2) is 0 Å². The zero-order valence-corrected chi connectivity index (χ0v) is 7.93. The highest BCUT2D eigenvalue weighted by Crippen LogP contribution is 2.34. The Balaban J connectivity index is 2.36. The van der Waals surface area contributed by atoms with Crippen molar-refractivity contribution in [2.75, 3.05) is 13.7 Å². The molecule has 14 heavy (non-hydrogen) atoms.